The molecule has 0 fully saturated rings. The molecule has 0 saturated carbocycles. The SMILES string of the molecule is NC(Cc1ccccc1)C(=O)C1NC(C(=O)O)Cc2ccccc21. The molecule has 3 rings (SSSR count). The minimum absolute atomic E-state index is 0.183. The van der Waals surface area contributed by atoms with Crippen LogP contribution in [0.2, 0.25) is 0 Å². The number of nitrogens with one attached hydrogen (secondary N) is 1. The van der Waals surface area contributed by atoms with Gasteiger partial charge >= 0.3 is 5.97 Å². The number of Topliss-reactive ketones (excluding diaryl/α,β-unsaturated/α-hetero) is 1. The third-order valence-electron chi connectivity index (χ3n) is 4.40. The van der Waals surface area contributed by atoms with Gasteiger partial charge in [0.25, 0.3) is 0 Å². The number of carbonyl (C=O) groups excluding carboxylic acids is 1. The van der Waals surface area contributed by atoms with Crippen molar-refractivity contribution < 1.29 is 14.7 Å². The second-order valence-corrected chi connectivity index (χ2v) is 6.09. The second-order valence-electron chi connectivity index (χ2n) is 6.09. The molecule has 5 nitrogen and oxygen atoms in total. The van der Waals surface area contributed by atoms with Gasteiger partial charge in [0.05, 0.1) is 12.1 Å². The third-order valence-corrected chi connectivity index (χ3v) is 4.40. The zero-order valence-corrected chi connectivity index (χ0v) is 13.2. The molecule has 24 heavy (non-hydrogen) atoms. The fraction of sp³-hybridized carbons (Fsp3) is 0.263. The molecule has 5 heteroatoms. The number of hydrogen-bond donors (Lipinski definition) is 3. The van der Waals surface area contributed by atoms with Gasteiger partial charge in [-0.25, -0.2) is 0 Å². The number of aliphatic carboxylic acids is 1. The molecule has 0 spiro atoms. The van der Waals surface area contributed by atoms with E-state index in [0.717, 1.165) is 16.7 Å². The summed E-state index contributed by atoms with van der Waals surface area (Å²) in [5.41, 5.74) is 8.81. The van der Waals surface area contributed by atoms with Gasteiger partial charge in [0, 0.05) is 0 Å². The van der Waals surface area contributed by atoms with Gasteiger partial charge in [0.1, 0.15) is 6.04 Å². The molecule has 0 bridgehead atoms. The Labute approximate surface area is 140 Å². The van der Waals surface area contributed by atoms with Crippen LogP contribution in [0, 0.1) is 0 Å². The van der Waals surface area contributed by atoms with Crippen molar-refractivity contribution in [1.29, 1.82) is 0 Å². The molecule has 0 radical (unpaired) electrons. The predicted octanol–water partition coefficient (Wildman–Crippen LogP) is 1.47. The van der Waals surface area contributed by atoms with E-state index in [9.17, 15) is 14.7 Å². The normalized spacial score (nSPS) is 20.9. The Kier molecular flexibility index (Phi) is 4.74. The smallest absolute Gasteiger partial charge is 0.321 e. The Morgan fingerprint density at radius 2 is 1.79 bits per heavy atom. The Balaban J connectivity index is 1.83. The minimum atomic E-state index is -0.959. The quantitative estimate of drug-likeness (QED) is 0.774. The molecule has 1 aliphatic heterocycles. The summed E-state index contributed by atoms with van der Waals surface area (Å²) in [6, 6.07) is 14.9. The van der Waals surface area contributed by atoms with Crippen LogP contribution >= 0.6 is 0 Å². The number of carboxylic acids is 1. The molecular formula is C19H20N2O3. The Morgan fingerprint density at radius 1 is 1.12 bits per heavy atom. The van der Waals surface area contributed by atoms with Crippen LogP contribution in [0.25, 0.3) is 0 Å². The summed E-state index contributed by atoms with van der Waals surface area (Å²) in [5, 5.41) is 12.3. The molecule has 124 valence electrons. The lowest BCUT2D eigenvalue weighted by Crippen LogP contribution is -2.51. The van der Waals surface area contributed by atoms with E-state index in [2.05, 4.69) is 5.32 Å². The number of hydrogen-bond acceptors (Lipinski definition) is 4. The molecule has 0 amide bonds. The van der Waals surface area contributed by atoms with Gasteiger partial charge in [0.2, 0.25) is 0 Å². The van der Waals surface area contributed by atoms with Crippen molar-refractivity contribution in [3.05, 3.63) is 71.3 Å². The van der Waals surface area contributed by atoms with Gasteiger partial charge < -0.3 is 10.8 Å². The van der Waals surface area contributed by atoms with Gasteiger partial charge in [-0.05, 0) is 29.5 Å². The minimum Gasteiger partial charge on any atom is -0.480 e. The van der Waals surface area contributed by atoms with E-state index < -0.39 is 24.1 Å². The van der Waals surface area contributed by atoms with E-state index in [0.29, 0.717) is 12.8 Å². The van der Waals surface area contributed by atoms with Crippen LogP contribution in [-0.4, -0.2) is 28.9 Å². The zero-order chi connectivity index (χ0) is 17.1. The number of rotatable bonds is 5. The maximum absolute atomic E-state index is 12.9. The Hall–Kier alpha value is -2.50. The molecule has 4 N–H and O–H groups in total. The van der Waals surface area contributed by atoms with Gasteiger partial charge in [-0.3, -0.25) is 14.9 Å². The van der Waals surface area contributed by atoms with Gasteiger partial charge in [0.15, 0.2) is 5.78 Å². The molecule has 2 aromatic rings. The van der Waals surface area contributed by atoms with Crippen LogP contribution in [0.1, 0.15) is 22.7 Å². The lowest BCUT2D eigenvalue weighted by molar-refractivity contribution is -0.140. The fourth-order valence-electron chi connectivity index (χ4n) is 3.15. The highest BCUT2D eigenvalue weighted by atomic mass is 16.4. The largest absolute Gasteiger partial charge is 0.480 e. The average molecular weight is 324 g/mol. The molecule has 1 aliphatic rings. The summed E-state index contributed by atoms with van der Waals surface area (Å²) in [4.78, 5) is 24.2. The Bertz CT molecular complexity index is 745. The molecule has 0 saturated heterocycles. The molecule has 2 aromatic carbocycles. The van der Waals surface area contributed by atoms with Crippen molar-refractivity contribution in [1.82, 2.24) is 5.32 Å². The van der Waals surface area contributed by atoms with E-state index >= 15 is 0 Å². The molecular weight excluding hydrogens is 304 g/mol. The monoisotopic (exact) mass is 324 g/mol. The van der Waals surface area contributed by atoms with Crippen molar-refractivity contribution >= 4 is 11.8 Å². The molecule has 3 unspecified atom stereocenters. The highest BCUT2D eigenvalue weighted by molar-refractivity contribution is 5.91. The number of benzene rings is 2. The van der Waals surface area contributed by atoms with E-state index in [1.54, 1.807) is 0 Å². The Morgan fingerprint density at radius 3 is 2.50 bits per heavy atom. The first-order valence-electron chi connectivity index (χ1n) is 7.96. The van der Waals surface area contributed by atoms with Crippen molar-refractivity contribution in [2.75, 3.05) is 0 Å². The van der Waals surface area contributed by atoms with Crippen LogP contribution < -0.4 is 11.1 Å². The predicted molar refractivity (Wildman–Crippen MR) is 90.6 cm³/mol. The molecule has 0 aliphatic carbocycles. The lowest BCUT2D eigenvalue weighted by Gasteiger charge is -2.31. The van der Waals surface area contributed by atoms with Crippen molar-refractivity contribution in [3.8, 4) is 0 Å². The van der Waals surface area contributed by atoms with Gasteiger partial charge in [-0.15, -0.1) is 0 Å². The molecule has 0 aromatic heterocycles. The van der Waals surface area contributed by atoms with E-state index in [-0.39, 0.29) is 5.78 Å². The van der Waals surface area contributed by atoms with Crippen LogP contribution in [0.4, 0.5) is 0 Å². The van der Waals surface area contributed by atoms with Crippen molar-refractivity contribution in [2.45, 2.75) is 31.0 Å². The zero-order valence-electron chi connectivity index (χ0n) is 13.2. The summed E-state index contributed by atoms with van der Waals surface area (Å²) in [7, 11) is 0. The van der Waals surface area contributed by atoms with E-state index in [1.807, 2.05) is 54.6 Å². The van der Waals surface area contributed by atoms with Crippen LogP contribution in [0.15, 0.2) is 54.6 Å². The van der Waals surface area contributed by atoms with Crippen molar-refractivity contribution in [3.63, 3.8) is 0 Å². The third kappa shape index (κ3) is 3.37. The first-order valence-corrected chi connectivity index (χ1v) is 7.96. The first-order chi connectivity index (χ1) is 11.6. The van der Waals surface area contributed by atoms with E-state index in [4.69, 9.17) is 5.73 Å². The maximum atomic E-state index is 12.9. The maximum Gasteiger partial charge on any atom is 0.321 e. The number of fused-ring (bicyclic) bond motifs is 1. The second kappa shape index (κ2) is 6.95. The van der Waals surface area contributed by atoms with Gasteiger partial charge in [-0.1, -0.05) is 54.6 Å². The van der Waals surface area contributed by atoms with Crippen LogP contribution in [0.5, 0.6) is 0 Å². The summed E-state index contributed by atoms with van der Waals surface area (Å²) in [6.07, 6.45) is 0.793. The highest BCUT2D eigenvalue weighted by Gasteiger charge is 2.35. The highest BCUT2D eigenvalue weighted by Crippen LogP contribution is 2.27. The van der Waals surface area contributed by atoms with Crippen molar-refractivity contribution in [2.24, 2.45) is 5.73 Å². The molecule has 3 atom stereocenters. The summed E-state index contributed by atoms with van der Waals surface area (Å²) < 4.78 is 0. The fourth-order valence-corrected chi connectivity index (χ4v) is 3.15. The summed E-state index contributed by atoms with van der Waals surface area (Å²) >= 11 is 0. The number of carbonyl (C=O) groups is 2. The van der Waals surface area contributed by atoms with Crippen LogP contribution in [-0.2, 0) is 22.4 Å². The summed E-state index contributed by atoms with van der Waals surface area (Å²) in [6.45, 7) is 0. The van der Waals surface area contributed by atoms with Crippen LogP contribution in [0.3, 0.4) is 0 Å². The molecule has 1 heterocycles. The number of nitrogens with two attached hydrogens (primary N) is 1. The topological polar surface area (TPSA) is 92.4 Å². The van der Waals surface area contributed by atoms with Gasteiger partial charge in [-0.2, -0.15) is 0 Å². The standard InChI is InChI=1S/C19H20N2O3/c20-15(10-12-6-2-1-3-7-12)18(22)17-14-9-5-4-8-13(14)11-16(21-17)19(23)24/h1-9,15-17,21H,10-11,20H2,(H,23,24). The first kappa shape index (κ1) is 16.4. The average Bonchev–Trinajstić information content (AvgIpc) is 2.60. The summed E-state index contributed by atoms with van der Waals surface area (Å²) in [5.74, 6) is -1.14. The van der Waals surface area contributed by atoms with E-state index in [1.165, 1.54) is 0 Å². The number of carboxylic acid groups (broad SMARTS) is 1. The lowest BCUT2D eigenvalue weighted by atomic mass is 9.85. The number of ketones is 1.